The van der Waals surface area contributed by atoms with E-state index in [1.54, 1.807) is 0 Å². The molecule has 1 unspecified atom stereocenters. The van der Waals surface area contributed by atoms with Crippen LogP contribution in [-0.4, -0.2) is 9.78 Å². The summed E-state index contributed by atoms with van der Waals surface area (Å²) in [6.07, 6.45) is 4.43. The van der Waals surface area contributed by atoms with Crippen LogP contribution < -0.4 is 10.5 Å². The Bertz CT molecular complexity index is 633. The van der Waals surface area contributed by atoms with Crippen molar-refractivity contribution in [1.29, 1.82) is 0 Å². The minimum Gasteiger partial charge on any atom is -0.468 e. The molecule has 0 amide bonds. The second-order valence-corrected chi connectivity index (χ2v) is 5.72. The van der Waals surface area contributed by atoms with Crippen molar-refractivity contribution in [2.75, 3.05) is 5.73 Å². The maximum Gasteiger partial charge on any atom is 0.236 e. The lowest BCUT2D eigenvalue weighted by atomic mass is 9.89. The van der Waals surface area contributed by atoms with Crippen molar-refractivity contribution in [2.24, 2.45) is 0 Å². The highest BCUT2D eigenvalue weighted by Gasteiger charge is 2.24. The van der Waals surface area contributed by atoms with Gasteiger partial charge in [-0.15, -0.1) is 0 Å². The van der Waals surface area contributed by atoms with Gasteiger partial charge in [-0.05, 0) is 43.7 Å². The molecule has 3 rings (SSSR count). The highest BCUT2D eigenvalue weighted by Crippen LogP contribution is 2.36. The first kappa shape index (κ1) is 14.0. The number of benzene rings is 1. The summed E-state index contributed by atoms with van der Waals surface area (Å²) in [5, 5.41) is 4.49. The van der Waals surface area contributed by atoms with Gasteiger partial charge in [0.1, 0.15) is 11.8 Å². The van der Waals surface area contributed by atoms with E-state index < -0.39 is 0 Å². The van der Waals surface area contributed by atoms with Crippen LogP contribution in [0.15, 0.2) is 24.3 Å². The molecule has 2 aromatic rings. The molecule has 1 atom stereocenters. The van der Waals surface area contributed by atoms with Gasteiger partial charge < -0.3 is 10.5 Å². The molecule has 1 aliphatic carbocycles. The summed E-state index contributed by atoms with van der Waals surface area (Å²) in [7, 11) is 0. The van der Waals surface area contributed by atoms with Crippen LogP contribution in [0.2, 0.25) is 0 Å². The smallest absolute Gasteiger partial charge is 0.236 e. The molecule has 0 saturated heterocycles. The molecule has 2 N–H and O–H groups in total. The van der Waals surface area contributed by atoms with E-state index in [-0.39, 0.29) is 6.10 Å². The minimum atomic E-state index is 0.0870. The highest BCUT2D eigenvalue weighted by atomic mass is 16.5. The Morgan fingerprint density at radius 3 is 3.00 bits per heavy atom. The van der Waals surface area contributed by atoms with Crippen molar-refractivity contribution < 1.29 is 4.74 Å². The van der Waals surface area contributed by atoms with Gasteiger partial charge >= 0.3 is 0 Å². The zero-order valence-electron chi connectivity index (χ0n) is 12.8. The number of nitrogens with two attached hydrogens (primary N) is 1. The fraction of sp³-hybridized carbons (Fsp3) is 0.471. The monoisotopic (exact) mass is 285 g/mol. The van der Waals surface area contributed by atoms with Crippen molar-refractivity contribution in [3.8, 4) is 5.88 Å². The Labute approximate surface area is 125 Å². The third-order valence-corrected chi connectivity index (χ3v) is 4.13. The number of hydrogen-bond donors (Lipinski definition) is 1. The van der Waals surface area contributed by atoms with Crippen LogP contribution in [0.25, 0.3) is 0 Å². The van der Waals surface area contributed by atoms with Crippen LogP contribution >= 0.6 is 0 Å². The van der Waals surface area contributed by atoms with E-state index in [1.165, 1.54) is 11.1 Å². The molecule has 1 aliphatic rings. The molecule has 112 valence electrons. The van der Waals surface area contributed by atoms with Gasteiger partial charge in [0.2, 0.25) is 5.88 Å². The molecule has 0 saturated carbocycles. The summed E-state index contributed by atoms with van der Waals surface area (Å²) in [5.74, 6) is 0.732. The van der Waals surface area contributed by atoms with Crippen molar-refractivity contribution in [3.05, 3.63) is 41.1 Å². The molecule has 1 heterocycles. The van der Waals surface area contributed by atoms with E-state index in [9.17, 15) is 0 Å². The van der Waals surface area contributed by atoms with Gasteiger partial charge in [-0.1, -0.05) is 31.2 Å². The SMILES string of the molecule is CCCn1nc(C)c(N)c1OC1CCCc2ccccc21. The molecular weight excluding hydrogens is 262 g/mol. The zero-order valence-corrected chi connectivity index (χ0v) is 12.8. The topological polar surface area (TPSA) is 53.1 Å². The Morgan fingerprint density at radius 2 is 2.19 bits per heavy atom. The first-order valence-corrected chi connectivity index (χ1v) is 7.78. The van der Waals surface area contributed by atoms with E-state index in [0.717, 1.165) is 43.8 Å². The standard InChI is InChI=1S/C17H23N3O/c1-3-11-20-17(16(18)12(2)19-20)21-15-10-6-8-13-7-4-5-9-14(13)15/h4-5,7,9,15H,3,6,8,10-11,18H2,1-2H3. The van der Waals surface area contributed by atoms with E-state index in [4.69, 9.17) is 10.5 Å². The molecule has 0 bridgehead atoms. The van der Waals surface area contributed by atoms with Crippen LogP contribution in [-0.2, 0) is 13.0 Å². The normalized spacial score (nSPS) is 17.5. The lowest BCUT2D eigenvalue weighted by Gasteiger charge is -2.26. The first-order chi connectivity index (χ1) is 10.2. The third-order valence-electron chi connectivity index (χ3n) is 4.13. The summed E-state index contributed by atoms with van der Waals surface area (Å²) >= 11 is 0. The number of hydrogen-bond acceptors (Lipinski definition) is 3. The second-order valence-electron chi connectivity index (χ2n) is 5.72. The summed E-state index contributed by atoms with van der Waals surface area (Å²) in [5.41, 5.74) is 10.4. The summed E-state index contributed by atoms with van der Waals surface area (Å²) < 4.78 is 8.20. The fourth-order valence-electron chi connectivity index (χ4n) is 3.03. The Hall–Kier alpha value is -1.97. The zero-order chi connectivity index (χ0) is 14.8. The van der Waals surface area contributed by atoms with Crippen LogP contribution in [0.4, 0.5) is 5.69 Å². The van der Waals surface area contributed by atoms with E-state index in [0.29, 0.717) is 5.69 Å². The molecular formula is C17H23N3O. The number of rotatable bonds is 4. The van der Waals surface area contributed by atoms with Gasteiger partial charge in [-0.25, -0.2) is 4.68 Å². The van der Waals surface area contributed by atoms with Crippen molar-refractivity contribution in [2.45, 2.75) is 52.2 Å². The molecule has 1 aromatic heterocycles. The lowest BCUT2D eigenvalue weighted by Crippen LogP contribution is -2.17. The lowest BCUT2D eigenvalue weighted by molar-refractivity contribution is 0.166. The van der Waals surface area contributed by atoms with Crippen LogP contribution in [0.5, 0.6) is 5.88 Å². The number of nitrogens with zero attached hydrogens (tertiary/aromatic N) is 2. The van der Waals surface area contributed by atoms with Crippen LogP contribution in [0.1, 0.15) is 49.1 Å². The maximum atomic E-state index is 6.29. The number of ether oxygens (including phenoxy) is 1. The van der Waals surface area contributed by atoms with Crippen molar-refractivity contribution >= 4 is 5.69 Å². The van der Waals surface area contributed by atoms with Crippen molar-refractivity contribution in [3.63, 3.8) is 0 Å². The predicted octanol–water partition coefficient (Wildman–Crippen LogP) is 3.64. The third kappa shape index (κ3) is 2.62. The Morgan fingerprint density at radius 1 is 1.38 bits per heavy atom. The predicted molar refractivity (Wildman–Crippen MR) is 84.4 cm³/mol. The average molecular weight is 285 g/mol. The molecule has 0 spiro atoms. The number of aryl methyl sites for hydroxylation is 3. The van der Waals surface area contributed by atoms with E-state index in [1.807, 2.05) is 11.6 Å². The van der Waals surface area contributed by atoms with E-state index >= 15 is 0 Å². The van der Waals surface area contributed by atoms with E-state index in [2.05, 4.69) is 36.3 Å². The van der Waals surface area contributed by atoms with Crippen LogP contribution in [0.3, 0.4) is 0 Å². The number of anilines is 1. The number of aromatic nitrogens is 2. The second kappa shape index (κ2) is 5.80. The first-order valence-electron chi connectivity index (χ1n) is 7.78. The van der Waals surface area contributed by atoms with Crippen LogP contribution in [0, 0.1) is 6.92 Å². The van der Waals surface area contributed by atoms with Crippen molar-refractivity contribution in [1.82, 2.24) is 9.78 Å². The Kier molecular flexibility index (Phi) is 3.86. The van der Waals surface area contributed by atoms with Gasteiger partial charge in [0.25, 0.3) is 0 Å². The Balaban J connectivity index is 1.91. The quantitative estimate of drug-likeness (QED) is 0.933. The van der Waals surface area contributed by atoms with Gasteiger partial charge in [0, 0.05) is 6.54 Å². The summed E-state index contributed by atoms with van der Waals surface area (Å²) in [6, 6.07) is 8.55. The fourth-order valence-corrected chi connectivity index (χ4v) is 3.03. The molecule has 0 radical (unpaired) electrons. The van der Waals surface area contributed by atoms with Gasteiger partial charge in [0.05, 0.1) is 5.69 Å². The van der Waals surface area contributed by atoms with Gasteiger partial charge in [0.15, 0.2) is 0 Å². The number of nitrogen functional groups attached to an aromatic ring is 1. The molecule has 1 aromatic carbocycles. The molecule has 0 aliphatic heterocycles. The summed E-state index contributed by atoms with van der Waals surface area (Å²) in [6.45, 7) is 4.90. The molecule has 0 fully saturated rings. The average Bonchev–Trinajstić information content (AvgIpc) is 2.76. The maximum absolute atomic E-state index is 6.29. The van der Waals surface area contributed by atoms with Gasteiger partial charge in [-0.3, -0.25) is 0 Å². The molecule has 21 heavy (non-hydrogen) atoms. The number of fused-ring (bicyclic) bond motifs is 1. The minimum absolute atomic E-state index is 0.0870. The molecule has 4 heteroatoms. The molecule has 4 nitrogen and oxygen atoms in total. The summed E-state index contributed by atoms with van der Waals surface area (Å²) in [4.78, 5) is 0. The largest absolute Gasteiger partial charge is 0.468 e. The van der Waals surface area contributed by atoms with Gasteiger partial charge in [-0.2, -0.15) is 5.10 Å². The highest BCUT2D eigenvalue weighted by molar-refractivity contribution is 5.53.